The fourth-order valence-corrected chi connectivity index (χ4v) is 21.9. The molecule has 20 aromatic carbocycles. The number of hydrogen-bond acceptors (Lipinski definition) is 2. The van der Waals surface area contributed by atoms with Crippen molar-refractivity contribution in [2.45, 2.75) is 0 Å². The third-order valence-electron chi connectivity index (χ3n) is 27.7. The van der Waals surface area contributed by atoms with Gasteiger partial charge in [-0.15, -0.1) is 0 Å². The van der Waals surface area contributed by atoms with Gasteiger partial charge in [0.15, 0.2) is 5.82 Å². The molecule has 7 heterocycles. The third-order valence-corrected chi connectivity index (χ3v) is 27.7. The molecule has 1 aliphatic carbocycles. The largest absolute Gasteiger partial charge is 0.309 e. The van der Waals surface area contributed by atoms with E-state index >= 15 is 0 Å². The molecule has 8 nitrogen and oxygen atoms in total. The first-order valence-electron chi connectivity index (χ1n) is 44.7. The monoisotopic (exact) mass is 1650 g/mol. The first kappa shape index (κ1) is 71.9. The van der Waals surface area contributed by atoms with Gasteiger partial charge in [-0.2, -0.15) is 0 Å². The van der Waals surface area contributed by atoms with Gasteiger partial charge in [0.05, 0.1) is 77.6 Å². The average Bonchev–Trinajstić information content (AvgIpc) is 1.56. The first-order valence-corrected chi connectivity index (χ1v) is 44.7. The summed E-state index contributed by atoms with van der Waals surface area (Å²) in [7, 11) is 0. The van der Waals surface area contributed by atoms with Crippen LogP contribution in [0.3, 0.4) is 0 Å². The van der Waals surface area contributed by atoms with E-state index < -0.39 is 0 Å². The lowest BCUT2D eigenvalue weighted by Crippen LogP contribution is -2.00. The molecule has 0 N–H and O–H groups in total. The molecule has 0 fully saturated rings. The van der Waals surface area contributed by atoms with Gasteiger partial charge in [-0.05, 0) is 255 Å². The molecule has 0 saturated heterocycles. The number of para-hydroxylation sites is 8. The van der Waals surface area contributed by atoms with E-state index in [2.05, 4.69) is 476 Å². The summed E-state index contributed by atoms with van der Waals surface area (Å²) in [5, 5.41) is 16.7. The summed E-state index contributed by atoms with van der Waals surface area (Å²) in [4.78, 5) is 11.7. The van der Waals surface area contributed by atoms with Gasteiger partial charge in [0.2, 0.25) is 0 Å². The van der Waals surface area contributed by atoms with Gasteiger partial charge in [-0.3, -0.25) is 0 Å². The van der Waals surface area contributed by atoms with Crippen molar-refractivity contribution in [1.29, 1.82) is 0 Å². The highest BCUT2D eigenvalue weighted by Crippen LogP contribution is 2.52. The zero-order valence-electron chi connectivity index (χ0n) is 70.3. The van der Waals surface area contributed by atoms with E-state index in [1.807, 2.05) is 0 Å². The minimum absolute atomic E-state index is 0.645. The first-order chi connectivity index (χ1) is 64.5. The van der Waals surface area contributed by atoms with Crippen molar-refractivity contribution >= 4 is 142 Å². The third kappa shape index (κ3) is 10.8. The van der Waals surface area contributed by atoms with Crippen molar-refractivity contribution in [2.75, 3.05) is 0 Å². The molecular formula is C122H74N8. The molecule has 602 valence electrons. The fraction of sp³-hybridized carbons (Fsp3) is 0. The Morgan fingerprint density at radius 1 is 0.146 bits per heavy atom. The fourth-order valence-electron chi connectivity index (χ4n) is 21.9. The van der Waals surface area contributed by atoms with Crippen molar-refractivity contribution in [3.8, 4) is 124 Å². The van der Waals surface area contributed by atoms with Crippen molar-refractivity contribution in [2.24, 2.45) is 0 Å². The maximum absolute atomic E-state index is 5.93. The number of rotatable bonds is 12. The van der Waals surface area contributed by atoms with Gasteiger partial charge in [-0.1, -0.05) is 255 Å². The Balaban J connectivity index is 0.611. The maximum Gasteiger partial charge on any atom is 0.160 e. The number of hydrogen-bond donors (Lipinski definition) is 0. The van der Waals surface area contributed by atoms with Gasteiger partial charge < -0.3 is 27.4 Å². The lowest BCUT2D eigenvalue weighted by Gasteiger charge is -2.15. The van der Waals surface area contributed by atoms with Gasteiger partial charge >= 0.3 is 0 Å². The maximum atomic E-state index is 5.93. The number of fused-ring (bicyclic) bond motifs is 21. The summed E-state index contributed by atoms with van der Waals surface area (Å²) in [5.74, 6) is 0.645. The second-order valence-corrected chi connectivity index (χ2v) is 34.7. The molecule has 0 unspecified atom stereocenters. The quantitative estimate of drug-likeness (QED) is 0.122. The molecule has 8 heteroatoms. The van der Waals surface area contributed by atoms with E-state index in [0.717, 1.165) is 161 Å². The van der Waals surface area contributed by atoms with Gasteiger partial charge in [-0.25, -0.2) is 9.97 Å². The summed E-state index contributed by atoms with van der Waals surface area (Å²) in [5.41, 5.74) is 36.6. The van der Waals surface area contributed by atoms with E-state index in [4.69, 9.17) is 9.97 Å². The van der Waals surface area contributed by atoms with E-state index in [9.17, 15) is 0 Å². The van der Waals surface area contributed by atoms with Crippen molar-refractivity contribution in [3.63, 3.8) is 0 Å². The van der Waals surface area contributed by atoms with Crippen molar-refractivity contribution in [3.05, 3.63) is 449 Å². The predicted octanol–water partition coefficient (Wildman–Crippen LogP) is 31.9. The van der Waals surface area contributed by atoms with Crippen LogP contribution < -0.4 is 0 Å². The summed E-state index contributed by atoms with van der Waals surface area (Å²) in [6.07, 6.45) is 0. The molecule has 130 heavy (non-hydrogen) atoms. The molecule has 0 amide bonds. The van der Waals surface area contributed by atoms with E-state index in [0.29, 0.717) is 5.82 Å². The zero-order chi connectivity index (χ0) is 84.9. The summed E-state index contributed by atoms with van der Waals surface area (Å²) >= 11 is 0. The van der Waals surface area contributed by atoms with E-state index in [-0.39, 0.29) is 0 Å². The Hall–Kier alpha value is -17.5. The highest BCUT2D eigenvalue weighted by molar-refractivity contribution is 6.20. The van der Waals surface area contributed by atoms with Crippen LogP contribution in [0, 0.1) is 0 Å². The van der Waals surface area contributed by atoms with Crippen LogP contribution in [0.25, 0.3) is 265 Å². The summed E-state index contributed by atoms with van der Waals surface area (Å²) in [6, 6.07) is 166. The van der Waals surface area contributed by atoms with E-state index in [1.54, 1.807) is 0 Å². The van der Waals surface area contributed by atoms with E-state index in [1.165, 1.54) is 98.0 Å². The average molecular weight is 1650 g/mol. The molecule has 0 saturated carbocycles. The minimum Gasteiger partial charge on any atom is -0.309 e. The zero-order valence-corrected chi connectivity index (χ0v) is 70.3. The molecule has 27 aromatic rings. The Labute approximate surface area is 746 Å². The standard InChI is InChI=1S/C122H74N8/c1-5-29-86(30-6-1)125-106-45-17-13-39-92(106)98-67-76(49-57-110(98)125)80-53-61-114-102(71-80)103-72-81(77-50-58-111-99(68-77)93-40-14-18-46-107(93)126(111)87-31-7-2-8-32-87)54-62-115(103)129(114)90-37-21-27-84(65-90)120-119-96-43-23-25-75-26-24-44-97(118(75)96)121(119)124-122(123-120)85-28-22-38-91(66-85)130-116-63-55-82(78-51-59-112-100(69-78)94-41-15-19-47-108(94)127(112)88-33-9-3-10-34-88)73-104(116)105-74-83(56-64-117(105)130)79-52-60-113-101(70-79)95-42-16-20-48-109(95)128(113)89-35-11-4-12-36-89/h1-74H. The van der Waals surface area contributed by atoms with Gasteiger partial charge in [0.25, 0.3) is 0 Å². The second kappa shape index (κ2) is 28.0. The van der Waals surface area contributed by atoms with Crippen LogP contribution in [0.2, 0.25) is 0 Å². The Morgan fingerprint density at radius 3 is 0.708 bits per heavy atom. The molecule has 0 radical (unpaired) electrons. The Kier molecular flexibility index (Phi) is 15.5. The number of nitrogens with zero attached hydrogens (tertiary/aromatic N) is 8. The second-order valence-electron chi connectivity index (χ2n) is 34.7. The smallest absolute Gasteiger partial charge is 0.160 e. The molecule has 7 aromatic heterocycles. The van der Waals surface area contributed by atoms with Crippen molar-refractivity contribution < 1.29 is 0 Å². The molecule has 0 aliphatic heterocycles. The number of aromatic nitrogens is 8. The summed E-state index contributed by atoms with van der Waals surface area (Å²) in [6.45, 7) is 0. The summed E-state index contributed by atoms with van der Waals surface area (Å²) < 4.78 is 14.5. The highest BCUT2D eigenvalue weighted by Gasteiger charge is 2.31. The lowest BCUT2D eigenvalue weighted by molar-refractivity contribution is 1.16. The van der Waals surface area contributed by atoms with Crippen LogP contribution in [0.1, 0.15) is 0 Å². The van der Waals surface area contributed by atoms with Crippen LogP contribution in [0.4, 0.5) is 0 Å². The number of benzene rings is 20. The molecule has 28 rings (SSSR count). The topological polar surface area (TPSA) is 55.4 Å². The van der Waals surface area contributed by atoms with Crippen LogP contribution >= 0.6 is 0 Å². The molecule has 0 atom stereocenters. The normalized spacial score (nSPS) is 12.2. The van der Waals surface area contributed by atoms with Gasteiger partial charge in [0.1, 0.15) is 0 Å². The molecular weight excluding hydrogens is 1580 g/mol. The minimum atomic E-state index is 0.645. The van der Waals surface area contributed by atoms with Crippen LogP contribution in [0.5, 0.6) is 0 Å². The molecule has 1 aliphatic rings. The van der Waals surface area contributed by atoms with Crippen LogP contribution in [0.15, 0.2) is 449 Å². The van der Waals surface area contributed by atoms with Gasteiger partial charge in [0, 0.05) is 121 Å². The van der Waals surface area contributed by atoms with Crippen LogP contribution in [-0.4, -0.2) is 37.4 Å². The Morgan fingerprint density at radius 2 is 0.385 bits per heavy atom. The Bertz CT molecular complexity index is 9050. The van der Waals surface area contributed by atoms with Crippen molar-refractivity contribution in [1.82, 2.24) is 37.4 Å². The predicted molar refractivity (Wildman–Crippen MR) is 543 cm³/mol. The van der Waals surface area contributed by atoms with Crippen LogP contribution in [-0.2, 0) is 0 Å². The molecule has 0 bridgehead atoms. The molecule has 0 spiro atoms. The highest BCUT2D eigenvalue weighted by atomic mass is 15.0. The SMILES string of the molecule is c1ccc(-n2c3ccccc3c3cc(-c4ccc5c(c4)c4cc(-c6ccc7c(c6)c6ccccc6n7-c6ccccc6)ccc4n5-c4cccc(-c5nc(-c6cccc(-n7c8ccc(-c9ccc%10c(c9)c9ccccc9n%10-c9ccccc9)cc8c8cc(-c9ccc%10c(c9)c9ccccc9n%10-c9ccccc9)ccc87)c6)c6c(n5)-c5cccc7cccc-6c57)c4)ccc32)cc1. The lowest BCUT2D eigenvalue weighted by atomic mass is 9.98.